The maximum Gasteiger partial charge on any atom is 0.415 e. The van der Waals surface area contributed by atoms with Crippen LogP contribution in [0.25, 0.3) is 0 Å². The summed E-state index contributed by atoms with van der Waals surface area (Å²) in [5, 5.41) is 11.6. The van der Waals surface area contributed by atoms with Crippen molar-refractivity contribution >= 4 is 0 Å². The molecule has 0 aromatic carbocycles. The van der Waals surface area contributed by atoms with Gasteiger partial charge in [0.1, 0.15) is 0 Å². The highest BCUT2D eigenvalue weighted by Crippen LogP contribution is 2.21. The smallest absolute Gasteiger partial charge is 0.382 e. The van der Waals surface area contributed by atoms with E-state index in [0.717, 1.165) is 25.7 Å². The number of nitrogens with one attached hydrogen (secondary N) is 1. The number of hydrogen-bond acceptors (Lipinski definition) is 2. The normalized spacial score (nSPS) is 22.4. The van der Waals surface area contributed by atoms with E-state index in [-0.39, 0.29) is 12.6 Å². The topological polar surface area (TPSA) is 32.3 Å². The fraction of sp³-hybridized carbons (Fsp3) is 1.00. The molecular formula is C10H18F3NO. The Bertz CT molecular complexity index is 176. The van der Waals surface area contributed by atoms with Gasteiger partial charge in [-0.25, -0.2) is 0 Å². The number of halogens is 3. The molecule has 1 fully saturated rings. The van der Waals surface area contributed by atoms with Crippen LogP contribution in [0.2, 0.25) is 0 Å². The minimum atomic E-state index is -4.50. The Morgan fingerprint density at radius 1 is 1.13 bits per heavy atom. The molecule has 1 aliphatic rings. The third-order valence-corrected chi connectivity index (χ3v) is 2.83. The monoisotopic (exact) mass is 225 g/mol. The van der Waals surface area contributed by atoms with E-state index in [1.165, 1.54) is 12.8 Å². The molecule has 1 saturated carbocycles. The van der Waals surface area contributed by atoms with Crippen molar-refractivity contribution in [3.8, 4) is 0 Å². The molecule has 2 N–H and O–H groups in total. The third kappa shape index (κ3) is 4.84. The van der Waals surface area contributed by atoms with Crippen molar-refractivity contribution in [1.29, 1.82) is 0 Å². The van der Waals surface area contributed by atoms with Crippen molar-refractivity contribution in [1.82, 2.24) is 5.32 Å². The first kappa shape index (κ1) is 12.8. The first-order valence-corrected chi connectivity index (χ1v) is 5.48. The third-order valence-electron chi connectivity index (χ3n) is 2.83. The summed E-state index contributed by atoms with van der Waals surface area (Å²) in [6.45, 7) is -0.381. The summed E-state index contributed by atoms with van der Waals surface area (Å²) < 4.78 is 36.0. The van der Waals surface area contributed by atoms with Crippen LogP contribution in [0.4, 0.5) is 13.2 Å². The predicted octanol–water partition coefficient (Wildman–Crippen LogP) is 2.22. The summed E-state index contributed by atoms with van der Waals surface area (Å²) in [7, 11) is 0. The lowest BCUT2D eigenvalue weighted by atomic mass is 10.1. The molecule has 1 rings (SSSR count). The lowest BCUT2D eigenvalue weighted by molar-refractivity contribution is -0.202. The molecule has 2 nitrogen and oxygen atoms in total. The molecule has 1 aliphatic carbocycles. The maximum atomic E-state index is 12.0. The van der Waals surface area contributed by atoms with Crippen LogP contribution in [0, 0.1) is 0 Å². The number of rotatable bonds is 3. The Morgan fingerprint density at radius 2 is 1.67 bits per heavy atom. The minimum absolute atomic E-state index is 0.143. The van der Waals surface area contributed by atoms with E-state index in [2.05, 4.69) is 5.32 Å². The highest BCUT2D eigenvalue weighted by molar-refractivity contribution is 4.75. The molecule has 0 aromatic rings. The molecule has 0 radical (unpaired) electrons. The summed E-state index contributed by atoms with van der Waals surface area (Å²) in [4.78, 5) is 0. The van der Waals surface area contributed by atoms with Crippen molar-refractivity contribution in [3.05, 3.63) is 0 Å². The van der Waals surface area contributed by atoms with Crippen LogP contribution in [-0.2, 0) is 0 Å². The highest BCUT2D eigenvalue weighted by Gasteiger charge is 2.38. The molecule has 0 aromatic heterocycles. The van der Waals surface area contributed by atoms with E-state index >= 15 is 0 Å². The van der Waals surface area contributed by atoms with Gasteiger partial charge < -0.3 is 10.4 Å². The summed E-state index contributed by atoms with van der Waals surface area (Å²) in [5.41, 5.74) is 0. The Hall–Kier alpha value is -0.290. The molecule has 0 amide bonds. The molecule has 0 bridgehead atoms. The zero-order chi connectivity index (χ0) is 11.3. The van der Waals surface area contributed by atoms with Crippen LogP contribution in [0.5, 0.6) is 0 Å². The first-order valence-electron chi connectivity index (χ1n) is 5.48. The van der Waals surface area contributed by atoms with Gasteiger partial charge in [-0.15, -0.1) is 0 Å². The Balaban J connectivity index is 2.23. The first-order chi connectivity index (χ1) is 7.00. The number of aliphatic hydroxyl groups excluding tert-OH is 1. The quantitative estimate of drug-likeness (QED) is 0.722. The van der Waals surface area contributed by atoms with Gasteiger partial charge in [-0.3, -0.25) is 0 Å². The second-order valence-electron chi connectivity index (χ2n) is 4.15. The van der Waals surface area contributed by atoms with Crippen molar-refractivity contribution < 1.29 is 18.3 Å². The van der Waals surface area contributed by atoms with E-state index in [1.807, 2.05) is 0 Å². The zero-order valence-electron chi connectivity index (χ0n) is 8.69. The lowest BCUT2D eigenvalue weighted by Gasteiger charge is -2.20. The second-order valence-corrected chi connectivity index (χ2v) is 4.15. The van der Waals surface area contributed by atoms with E-state index in [0.29, 0.717) is 0 Å². The van der Waals surface area contributed by atoms with Crippen LogP contribution in [-0.4, -0.2) is 30.0 Å². The van der Waals surface area contributed by atoms with Crippen LogP contribution in [0.1, 0.15) is 38.5 Å². The second kappa shape index (κ2) is 5.70. The highest BCUT2D eigenvalue weighted by atomic mass is 19.4. The summed E-state index contributed by atoms with van der Waals surface area (Å²) in [6.07, 6.45) is -0.423. The van der Waals surface area contributed by atoms with E-state index < -0.39 is 12.3 Å². The number of alkyl halides is 3. The average Bonchev–Trinajstić information content (AvgIpc) is 2.40. The SMILES string of the molecule is OC(CNC1CCCCCC1)C(F)(F)F. The van der Waals surface area contributed by atoms with Gasteiger partial charge >= 0.3 is 6.18 Å². The van der Waals surface area contributed by atoms with Crippen molar-refractivity contribution in [2.45, 2.75) is 56.8 Å². The molecule has 1 atom stereocenters. The summed E-state index contributed by atoms with van der Waals surface area (Å²) in [5.74, 6) is 0. The minimum Gasteiger partial charge on any atom is -0.382 e. The molecule has 15 heavy (non-hydrogen) atoms. The molecule has 90 valence electrons. The number of aliphatic hydroxyl groups is 1. The van der Waals surface area contributed by atoms with Crippen LogP contribution >= 0.6 is 0 Å². The molecule has 0 spiro atoms. The Labute approximate surface area is 87.9 Å². The largest absolute Gasteiger partial charge is 0.415 e. The van der Waals surface area contributed by atoms with Gasteiger partial charge in [-0.05, 0) is 12.8 Å². The molecule has 0 heterocycles. The number of hydrogen-bond donors (Lipinski definition) is 2. The Morgan fingerprint density at radius 3 is 2.13 bits per heavy atom. The van der Waals surface area contributed by atoms with Gasteiger partial charge in [0, 0.05) is 12.6 Å². The fourth-order valence-corrected chi connectivity index (χ4v) is 1.88. The standard InChI is InChI=1S/C10H18F3NO/c11-10(12,13)9(15)7-14-8-5-3-1-2-4-6-8/h8-9,14-15H,1-7H2. The fourth-order valence-electron chi connectivity index (χ4n) is 1.88. The van der Waals surface area contributed by atoms with Crippen LogP contribution in [0.15, 0.2) is 0 Å². The molecular weight excluding hydrogens is 207 g/mol. The van der Waals surface area contributed by atoms with Gasteiger partial charge in [0.25, 0.3) is 0 Å². The van der Waals surface area contributed by atoms with E-state index in [9.17, 15) is 13.2 Å². The predicted molar refractivity (Wildman–Crippen MR) is 51.6 cm³/mol. The van der Waals surface area contributed by atoms with Gasteiger partial charge in [-0.1, -0.05) is 25.7 Å². The van der Waals surface area contributed by atoms with Gasteiger partial charge in [-0.2, -0.15) is 13.2 Å². The van der Waals surface area contributed by atoms with Gasteiger partial charge in [0.05, 0.1) is 0 Å². The molecule has 0 saturated heterocycles. The van der Waals surface area contributed by atoms with Crippen LogP contribution < -0.4 is 5.32 Å². The molecule has 5 heteroatoms. The van der Waals surface area contributed by atoms with Crippen molar-refractivity contribution in [2.75, 3.05) is 6.54 Å². The van der Waals surface area contributed by atoms with Crippen molar-refractivity contribution in [3.63, 3.8) is 0 Å². The van der Waals surface area contributed by atoms with E-state index in [1.54, 1.807) is 0 Å². The zero-order valence-corrected chi connectivity index (χ0v) is 8.69. The lowest BCUT2D eigenvalue weighted by Crippen LogP contribution is -2.42. The molecule has 0 aliphatic heterocycles. The van der Waals surface area contributed by atoms with Gasteiger partial charge in [0.15, 0.2) is 6.10 Å². The van der Waals surface area contributed by atoms with Crippen molar-refractivity contribution in [2.24, 2.45) is 0 Å². The van der Waals surface area contributed by atoms with Gasteiger partial charge in [0.2, 0.25) is 0 Å². The average molecular weight is 225 g/mol. The molecule has 1 unspecified atom stereocenters. The van der Waals surface area contributed by atoms with Crippen LogP contribution in [0.3, 0.4) is 0 Å². The summed E-state index contributed by atoms with van der Waals surface area (Å²) in [6, 6.07) is 0.143. The summed E-state index contributed by atoms with van der Waals surface area (Å²) >= 11 is 0. The van der Waals surface area contributed by atoms with E-state index in [4.69, 9.17) is 5.11 Å². The Kier molecular flexibility index (Phi) is 4.86. The maximum absolute atomic E-state index is 12.0.